The number of amides is 1. The standard InChI is InChI=1S/C18H26N2O2/c1-13(2)14-3-7-17(8-4-14)22-12-18(21)20-10-9-15-5-6-16(11-20)19-15/h3-4,7-8,13,15-16,19H,5-6,9-12H2,1-2H3. The highest BCUT2D eigenvalue weighted by Gasteiger charge is 2.31. The van der Waals surface area contributed by atoms with Gasteiger partial charge in [-0.2, -0.15) is 0 Å². The van der Waals surface area contributed by atoms with Gasteiger partial charge < -0.3 is 15.0 Å². The van der Waals surface area contributed by atoms with Gasteiger partial charge in [-0.15, -0.1) is 0 Å². The van der Waals surface area contributed by atoms with Crippen LogP contribution in [-0.2, 0) is 4.79 Å². The van der Waals surface area contributed by atoms with E-state index in [1.807, 2.05) is 17.0 Å². The van der Waals surface area contributed by atoms with Crippen LogP contribution in [0.3, 0.4) is 0 Å². The van der Waals surface area contributed by atoms with E-state index in [4.69, 9.17) is 4.74 Å². The zero-order chi connectivity index (χ0) is 15.5. The van der Waals surface area contributed by atoms with Crippen molar-refractivity contribution in [1.82, 2.24) is 10.2 Å². The van der Waals surface area contributed by atoms with Crippen molar-refractivity contribution in [3.63, 3.8) is 0 Å². The van der Waals surface area contributed by atoms with E-state index in [9.17, 15) is 4.79 Å². The first kappa shape index (κ1) is 15.3. The van der Waals surface area contributed by atoms with Gasteiger partial charge >= 0.3 is 0 Å². The van der Waals surface area contributed by atoms with Crippen molar-refractivity contribution in [2.45, 2.75) is 51.1 Å². The van der Waals surface area contributed by atoms with Gasteiger partial charge in [-0.05, 0) is 42.9 Å². The van der Waals surface area contributed by atoms with Crippen molar-refractivity contribution in [3.8, 4) is 5.75 Å². The summed E-state index contributed by atoms with van der Waals surface area (Å²) in [6.45, 7) is 6.15. The number of nitrogens with one attached hydrogen (secondary N) is 1. The molecule has 0 aromatic heterocycles. The van der Waals surface area contributed by atoms with Crippen molar-refractivity contribution in [2.75, 3.05) is 19.7 Å². The average Bonchev–Trinajstić information content (AvgIpc) is 2.84. The molecule has 4 nitrogen and oxygen atoms in total. The maximum atomic E-state index is 12.3. The predicted molar refractivity (Wildman–Crippen MR) is 87.2 cm³/mol. The molecule has 1 aromatic carbocycles. The van der Waals surface area contributed by atoms with Crippen LogP contribution in [0.15, 0.2) is 24.3 Å². The molecule has 1 amide bonds. The fourth-order valence-corrected chi connectivity index (χ4v) is 3.35. The molecule has 0 saturated carbocycles. The number of rotatable bonds is 4. The Kier molecular flexibility index (Phi) is 4.67. The summed E-state index contributed by atoms with van der Waals surface area (Å²) in [5, 5.41) is 3.59. The Balaban J connectivity index is 1.51. The van der Waals surface area contributed by atoms with Crippen molar-refractivity contribution in [3.05, 3.63) is 29.8 Å². The Labute approximate surface area is 132 Å². The molecule has 3 rings (SSSR count). The van der Waals surface area contributed by atoms with Crippen molar-refractivity contribution < 1.29 is 9.53 Å². The number of ether oxygens (including phenoxy) is 1. The van der Waals surface area contributed by atoms with Gasteiger partial charge in [0, 0.05) is 25.2 Å². The molecule has 4 heteroatoms. The quantitative estimate of drug-likeness (QED) is 0.929. The first-order valence-electron chi connectivity index (χ1n) is 8.38. The summed E-state index contributed by atoms with van der Waals surface area (Å²) in [7, 11) is 0. The van der Waals surface area contributed by atoms with E-state index in [2.05, 4.69) is 31.3 Å². The summed E-state index contributed by atoms with van der Waals surface area (Å²) < 4.78 is 5.67. The number of likely N-dealkylation sites (tertiary alicyclic amines) is 1. The SMILES string of the molecule is CC(C)c1ccc(OCC(=O)N2CCC3CCC(C2)N3)cc1. The van der Waals surface area contributed by atoms with Crippen LogP contribution in [0.25, 0.3) is 0 Å². The molecule has 2 heterocycles. The number of fused-ring (bicyclic) bond motifs is 2. The number of hydrogen-bond donors (Lipinski definition) is 1. The number of nitrogens with zero attached hydrogens (tertiary/aromatic N) is 1. The molecule has 2 atom stereocenters. The smallest absolute Gasteiger partial charge is 0.260 e. The molecule has 2 unspecified atom stereocenters. The lowest BCUT2D eigenvalue weighted by molar-refractivity contribution is -0.133. The molecule has 0 radical (unpaired) electrons. The van der Waals surface area contributed by atoms with Crippen molar-refractivity contribution in [1.29, 1.82) is 0 Å². The lowest BCUT2D eigenvalue weighted by Crippen LogP contribution is -2.41. The first-order chi connectivity index (χ1) is 10.6. The second-order valence-electron chi connectivity index (χ2n) is 6.78. The van der Waals surface area contributed by atoms with Gasteiger partial charge in [0.1, 0.15) is 5.75 Å². The van der Waals surface area contributed by atoms with E-state index < -0.39 is 0 Å². The minimum Gasteiger partial charge on any atom is -0.484 e. The Morgan fingerprint density at radius 2 is 1.95 bits per heavy atom. The van der Waals surface area contributed by atoms with Gasteiger partial charge in [-0.1, -0.05) is 26.0 Å². The molecule has 120 valence electrons. The molecule has 0 aliphatic carbocycles. The maximum absolute atomic E-state index is 12.3. The molecular weight excluding hydrogens is 276 g/mol. The van der Waals surface area contributed by atoms with E-state index in [1.54, 1.807) is 0 Å². The molecule has 2 aliphatic rings. The van der Waals surface area contributed by atoms with Crippen LogP contribution in [-0.4, -0.2) is 42.6 Å². The molecule has 1 N–H and O–H groups in total. The largest absolute Gasteiger partial charge is 0.484 e. The Hall–Kier alpha value is -1.55. The maximum Gasteiger partial charge on any atom is 0.260 e. The molecule has 2 saturated heterocycles. The minimum atomic E-state index is 0.0993. The Morgan fingerprint density at radius 3 is 2.68 bits per heavy atom. The molecule has 22 heavy (non-hydrogen) atoms. The first-order valence-corrected chi connectivity index (χ1v) is 8.38. The van der Waals surface area contributed by atoms with Crippen molar-refractivity contribution >= 4 is 5.91 Å². The van der Waals surface area contributed by atoms with Crippen LogP contribution in [0.1, 0.15) is 44.6 Å². The van der Waals surface area contributed by atoms with Crippen LogP contribution in [0.4, 0.5) is 0 Å². The number of carbonyl (C=O) groups is 1. The van der Waals surface area contributed by atoms with Gasteiger partial charge in [0.2, 0.25) is 0 Å². The zero-order valence-corrected chi connectivity index (χ0v) is 13.5. The van der Waals surface area contributed by atoms with Gasteiger partial charge in [0.25, 0.3) is 5.91 Å². The zero-order valence-electron chi connectivity index (χ0n) is 13.5. The number of hydrogen-bond acceptors (Lipinski definition) is 3. The third-order valence-corrected chi connectivity index (χ3v) is 4.79. The fraction of sp³-hybridized carbons (Fsp3) is 0.611. The number of carbonyl (C=O) groups excluding carboxylic acids is 1. The molecule has 2 bridgehead atoms. The van der Waals surface area contributed by atoms with E-state index in [0.29, 0.717) is 18.0 Å². The summed E-state index contributed by atoms with van der Waals surface area (Å²) in [6.07, 6.45) is 3.50. The summed E-state index contributed by atoms with van der Waals surface area (Å²) in [5.41, 5.74) is 1.29. The highest BCUT2D eigenvalue weighted by Crippen LogP contribution is 2.21. The lowest BCUT2D eigenvalue weighted by Gasteiger charge is -2.24. The summed E-state index contributed by atoms with van der Waals surface area (Å²) in [4.78, 5) is 14.3. The average molecular weight is 302 g/mol. The van der Waals surface area contributed by atoms with Crippen LogP contribution in [0.2, 0.25) is 0 Å². The minimum absolute atomic E-state index is 0.0993. The Morgan fingerprint density at radius 1 is 1.23 bits per heavy atom. The van der Waals surface area contributed by atoms with Gasteiger partial charge in [0.05, 0.1) is 0 Å². The van der Waals surface area contributed by atoms with Crippen molar-refractivity contribution in [2.24, 2.45) is 0 Å². The van der Waals surface area contributed by atoms with Gasteiger partial charge in [-0.25, -0.2) is 0 Å². The van der Waals surface area contributed by atoms with Crippen LogP contribution in [0.5, 0.6) is 5.75 Å². The van der Waals surface area contributed by atoms with Crippen LogP contribution >= 0.6 is 0 Å². The fourth-order valence-electron chi connectivity index (χ4n) is 3.35. The highest BCUT2D eigenvalue weighted by atomic mass is 16.5. The highest BCUT2D eigenvalue weighted by molar-refractivity contribution is 5.77. The second-order valence-corrected chi connectivity index (χ2v) is 6.78. The van der Waals surface area contributed by atoms with E-state index in [-0.39, 0.29) is 12.5 Å². The second kappa shape index (κ2) is 6.69. The normalized spacial score (nSPS) is 24.4. The molecule has 0 spiro atoms. The van der Waals surface area contributed by atoms with E-state index in [1.165, 1.54) is 18.4 Å². The molecule has 1 aromatic rings. The van der Waals surface area contributed by atoms with Crippen LogP contribution in [0, 0.1) is 0 Å². The van der Waals surface area contributed by atoms with E-state index >= 15 is 0 Å². The van der Waals surface area contributed by atoms with Gasteiger partial charge in [-0.3, -0.25) is 4.79 Å². The van der Waals surface area contributed by atoms with Crippen LogP contribution < -0.4 is 10.1 Å². The summed E-state index contributed by atoms with van der Waals surface area (Å²) >= 11 is 0. The lowest BCUT2D eigenvalue weighted by atomic mass is 10.0. The Bertz CT molecular complexity index is 512. The topological polar surface area (TPSA) is 41.6 Å². The predicted octanol–water partition coefficient (Wildman–Crippen LogP) is 2.54. The third-order valence-electron chi connectivity index (χ3n) is 4.79. The van der Waals surface area contributed by atoms with Gasteiger partial charge in [0.15, 0.2) is 6.61 Å². The summed E-state index contributed by atoms with van der Waals surface area (Å²) in [5.74, 6) is 1.38. The third kappa shape index (κ3) is 3.61. The molecular formula is C18H26N2O2. The summed E-state index contributed by atoms with van der Waals surface area (Å²) in [6, 6.07) is 9.12. The molecule has 2 fully saturated rings. The number of benzene rings is 1. The van der Waals surface area contributed by atoms with E-state index in [0.717, 1.165) is 25.3 Å². The monoisotopic (exact) mass is 302 g/mol. The molecule has 2 aliphatic heterocycles.